The molecule has 0 radical (unpaired) electrons. The monoisotopic (exact) mass is 259 g/mol. The van der Waals surface area contributed by atoms with Gasteiger partial charge in [-0.3, -0.25) is 14.9 Å². The summed E-state index contributed by atoms with van der Waals surface area (Å²) in [5.74, 6) is -0.235. The number of hydrogen-bond acceptors (Lipinski definition) is 4. The summed E-state index contributed by atoms with van der Waals surface area (Å²) in [7, 11) is 0. The molecule has 0 aromatic heterocycles. The van der Waals surface area contributed by atoms with Gasteiger partial charge in [0, 0.05) is 24.2 Å². The predicted molar refractivity (Wildman–Crippen MR) is 67.4 cm³/mol. The van der Waals surface area contributed by atoms with Gasteiger partial charge < -0.3 is 4.90 Å². The highest BCUT2D eigenvalue weighted by molar-refractivity contribution is 5.94. The van der Waals surface area contributed by atoms with Crippen molar-refractivity contribution in [2.24, 2.45) is 0 Å². The first-order valence-corrected chi connectivity index (χ1v) is 6.08. The molecule has 1 aromatic rings. The topological polar surface area (TPSA) is 87.2 Å². The van der Waals surface area contributed by atoms with Gasteiger partial charge in [0.15, 0.2) is 0 Å². The van der Waals surface area contributed by atoms with E-state index < -0.39 is 11.0 Å². The molecule has 0 saturated carbocycles. The quantitative estimate of drug-likeness (QED) is 0.601. The Bertz CT molecular complexity index is 533. The molecule has 1 amide bonds. The van der Waals surface area contributed by atoms with Gasteiger partial charge in [-0.15, -0.1) is 0 Å². The molecule has 0 spiro atoms. The number of nitrogens with zero attached hydrogens (tertiary/aromatic N) is 3. The number of nitro benzene ring substituents is 1. The standard InChI is InChI=1S/C13H13N3O3/c14-9-12-3-1-2-8-15(12)13(17)10-4-6-11(7-5-10)16(18)19/h4-7,12H,1-3,8H2. The molecule has 6 nitrogen and oxygen atoms in total. The summed E-state index contributed by atoms with van der Waals surface area (Å²) in [5, 5.41) is 19.6. The van der Waals surface area contributed by atoms with Crippen LogP contribution in [0.25, 0.3) is 0 Å². The van der Waals surface area contributed by atoms with E-state index in [1.807, 2.05) is 0 Å². The van der Waals surface area contributed by atoms with Crippen LogP contribution < -0.4 is 0 Å². The van der Waals surface area contributed by atoms with E-state index in [0.717, 1.165) is 12.8 Å². The van der Waals surface area contributed by atoms with E-state index in [9.17, 15) is 14.9 Å². The molecule has 0 bridgehead atoms. The normalized spacial score (nSPS) is 18.7. The van der Waals surface area contributed by atoms with Gasteiger partial charge in [-0.05, 0) is 31.4 Å². The molecule has 1 aromatic carbocycles. The Hall–Kier alpha value is -2.42. The van der Waals surface area contributed by atoms with Crippen molar-refractivity contribution in [1.29, 1.82) is 5.26 Å². The summed E-state index contributed by atoms with van der Waals surface area (Å²) in [6.07, 6.45) is 2.52. The lowest BCUT2D eigenvalue weighted by atomic mass is 10.0. The lowest BCUT2D eigenvalue weighted by molar-refractivity contribution is -0.384. The molecule has 0 N–H and O–H groups in total. The number of nitriles is 1. The van der Waals surface area contributed by atoms with Gasteiger partial charge in [0.1, 0.15) is 6.04 Å². The van der Waals surface area contributed by atoms with Gasteiger partial charge in [-0.2, -0.15) is 5.26 Å². The van der Waals surface area contributed by atoms with Gasteiger partial charge in [-0.25, -0.2) is 0 Å². The fourth-order valence-electron chi connectivity index (χ4n) is 2.20. The first kappa shape index (κ1) is 13.0. The summed E-state index contributed by atoms with van der Waals surface area (Å²) in [6, 6.07) is 7.22. The molecule has 98 valence electrons. The van der Waals surface area contributed by atoms with Crippen LogP contribution in [0, 0.1) is 21.4 Å². The number of carbonyl (C=O) groups is 1. The van der Waals surface area contributed by atoms with E-state index in [4.69, 9.17) is 5.26 Å². The third-order valence-electron chi connectivity index (χ3n) is 3.24. The zero-order valence-electron chi connectivity index (χ0n) is 10.3. The summed E-state index contributed by atoms with van der Waals surface area (Å²) in [6.45, 7) is 0.564. The maximum Gasteiger partial charge on any atom is 0.269 e. The van der Waals surface area contributed by atoms with Crippen molar-refractivity contribution in [2.75, 3.05) is 6.54 Å². The molecule has 2 rings (SSSR count). The second kappa shape index (κ2) is 5.48. The molecule has 1 atom stereocenters. The lowest BCUT2D eigenvalue weighted by Crippen LogP contribution is -2.42. The highest BCUT2D eigenvalue weighted by Gasteiger charge is 2.27. The average Bonchev–Trinajstić information content (AvgIpc) is 2.46. The number of nitro groups is 1. The van der Waals surface area contributed by atoms with Crippen LogP contribution in [0.5, 0.6) is 0 Å². The second-order valence-electron chi connectivity index (χ2n) is 4.44. The molecular formula is C13H13N3O3. The summed E-state index contributed by atoms with van der Waals surface area (Å²) < 4.78 is 0. The Morgan fingerprint density at radius 2 is 2.05 bits per heavy atom. The van der Waals surface area contributed by atoms with Crippen LogP contribution in [0.1, 0.15) is 29.6 Å². The smallest absolute Gasteiger partial charge is 0.269 e. The number of benzene rings is 1. The molecule has 1 fully saturated rings. The predicted octanol–water partition coefficient (Wildman–Crippen LogP) is 2.11. The largest absolute Gasteiger partial charge is 0.323 e. The van der Waals surface area contributed by atoms with Crippen LogP contribution in [-0.4, -0.2) is 28.3 Å². The van der Waals surface area contributed by atoms with E-state index in [1.54, 1.807) is 4.90 Å². The highest BCUT2D eigenvalue weighted by atomic mass is 16.6. The molecular weight excluding hydrogens is 246 g/mol. The summed E-state index contributed by atoms with van der Waals surface area (Å²) in [4.78, 5) is 23.8. The van der Waals surface area contributed by atoms with E-state index >= 15 is 0 Å². The Morgan fingerprint density at radius 3 is 2.63 bits per heavy atom. The van der Waals surface area contributed by atoms with Crippen molar-refractivity contribution in [3.8, 4) is 6.07 Å². The van der Waals surface area contributed by atoms with E-state index in [1.165, 1.54) is 24.3 Å². The van der Waals surface area contributed by atoms with Gasteiger partial charge in [0.25, 0.3) is 11.6 Å². The zero-order chi connectivity index (χ0) is 13.8. The Morgan fingerprint density at radius 1 is 1.37 bits per heavy atom. The molecule has 6 heteroatoms. The Labute approximate surface area is 110 Å². The summed E-state index contributed by atoms with van der Waals surface area (Å²) in [5.41, 5.74) is 0.333. The van der Waals surface area contributed by atoms with Crippen LogP contribution >= 0.6 is 0 Å². The van der Waals surface area contributed by atoms with Crippen molar-refractivity contribution in [1.82, 2.24) is 4.90 Å². The molecule has 1 saturated heterocycles. The number of hydrogen-bond donors (Lipinski definition) is 0. The molecule has 1 heterocycles. The number of amides is 1. The molecule has 1 aliphatic rings. The molecule has 1 aliphatic heterocycles. The third-order valence-corrected chi connectivity index (χ3v) is 3.24. The van der Waals surface area contributed by atoms with Crippen LogP contribution in [-0.2, 0) is 0 Å². The fraction of sp³-hybridized carbons (Fsp3) is 0.385. The van der Waals surface area contributed by atoms with E-state index in [2.05, 4.69) is 6.07 Å². The van der Waals surface area contributed by atoms with Gasteiger partial charge in [0.05, 0.1) is 11.0 Å². The SMILES string of the molecule is N#CC1CCCCN1C(=O)c1ccc([N+](=O)[O-])cc1. The maximum atomic E-state index is 12.3. The minimum atomic E-state index is -0.507. The van der Waals surface area contributed by atoms with Gasteiger partial charge >= 0.3 is 0 Å². The highest BCUT2D eigenvalue weighted by Crippen LogP contribution is 2.20. The Kier molecular flexibility index (Phi) is 3.76. The first-order chi connectivity index (χ1) is 9.13. The number of carbonyl (C=O) groups excluding carboxylic acids is 1. The molecule has 1 unspecified atom stereocenters. The van der Waals surface area contributed by atoms with Gasteiger partial charge in [0.2, 0.25) is 0 Å². The van der Waals surface area contributed by atoms with Crippen molar-refractivity contribution in [3.05, 3.63) is 39.9 Å². The van der Waals surface area contributed by atoms with Crippen LogP contribution in [0.4, 0.5) is 5.69 Å². The fourth-order valence-corrected chi connectivity index (χ4v) is 2.20. The van der Waals surface area contributed by atoms with Crippen molar-refractivity contribution < 1.29 is 9.72 Å². The van der Waals surface area contributed by atoms with Crippen LogP contribution in [0.3, 0.4) is 0 Å². The minimum absolute atomic E-state index is 0.0490. The maximum absolute atomic E-state index is 12.3. The number of non-ortho nitro benzene ring substituents is 1. The van der Waals surface area contributed by atoms with Gasteiger partial charge in [-0.1, -0.05) is 0 Å². The lowest BCUT2D eigenvalue weighted by Gasteiger charge is -2.31. The van der Waals surface area contributed by atoms with Crippen LogP contribution in [0.15, 0.2) is 24.3 Å². The minimum Gasteiger partial charge on any atom is -0.323 e. The second-order valence-corrected chi connectivity index (χ2v) is 4.44. The first-order valence-electron chi connectivity index (χ1n) is 6.08. The van der Waals surface area contributed by atoms with E-state index in [0.29, 0.717) is 18.5 Å². The number of rotatable bonds is 2. The number of piperidine rings is 1. The van der Waals surface area contributed by atoms with Crippen molar-refractivity contribution in [3.63, 3.8) is 0 Å². The molecule has 0 aliphatic carbocycles. The van der Waals surface area contributed by atoms with Crippen LogP contribution in [0.2, 0.25) is 0 Å². The zero-order valence-corrected chi connectivity index (χ0v) is 10.3. The van der Waals surface area contributed by atoms with E-state index in [-0.39, 0.29) is 11.6 Å². The molecule has 19 heavy (non-hydrogen) atoms. The van der Waals surface area contributed by atoms with Crippen molar-refractivity contribution >= 4 is 11.6 Å². The average molecular weight is 259 g/mol. The Balaban J connectivity index is 2.19. The number of likely N-dealkylation sites (tertiary alicyclic amines) is 1. The third kappa shape index (κ3) is 2.71. The summed E-state index contributed by atoms with van der Waals surface area (Å²) >= 11 is 0. The van der Waals surface area contributed by atoms with Crippen molar-refractivity contribution in [2.45, 2.75) is 25.3 Å².